The van der Waals surface area contributed by atoms with Gasteiger partial charge in [-0.15, -0.1) is 0 Å². The number of nitrogens with zero attached hydrogens (tertiary/aromatic N) is 3. The van der Waals surface area contributed by atoms with E-state index in [1.54, 1.807) is 18.6 Å². The van der Waals surface area contributed by atoms with Crippen molar-refractivity contribution < 1.29 is 14.8 Å². The van der Waals surface area contributed by atoms with Gasteiger partial charge in [-0.2, -0.15) is 0 Å². The fraction of sp³-hybridized carbons (Fsp3) is 0.368. The third kappa shape index (κ3) is 6.25. The molecule has 138 valence electrons. The highest BCUT2D eigenvalue weighted by atomic mass is 16.5. The van der Waals surface area contributed by atoms with Crippen LogP contribution < -0.4 is 5.32 Å². The Kier molecular flexibility index (Phi) is 7.70. The zero-order valence-corrected chi connectivity index (χ0v) is 14.8. The van der Waals surface area contributed by atoms with Crippen LogP contribution in [-0.4, -0.2) is 39.1 Å². The summed E-state index contributed by atoms with van der Waals surface area (Å²) >= 11 is 0. The lowest BCUT2D eigenvalue weighted by atomic mass is 9.96. The summed E-state index contributed by atoms with van der Waals surface area (Å²) in [6.07, 6.45) is 7.89. The molecule has 2 rings (SSSR count). The number of carbonyl (C=O) groups is 2. The first-order valence-electron chi connectivity index (χ1n) is 8.65. The van der Waals surface area contributed by atoms with Crippen LogP contribution in [0.5, 0.6) is 0 Å². The zero-order valence-electron chi connectivity index (χ0n) is 14.8. The van der Waals surface area contributed by atoms with E-state index in [-0.39, 0.29) is 11.8 Å². The Labute approximate surface area is 153 Å². The van der Waals surface area contributed by atoms with E-state index in [1.165, 1.54) is 7.05 Å². The number of nitrogens with one attached hydrogen (secondary N) is 1. The summed E-state index contributed by atoms with van der Waals surface area (Å²) in [6.45, 7) is 0. The third-order valence-corrected chi connectivity index (χ3v) is 4.04. The monoisotopic (exact) mass is 356 g/mol. The first kappa shape index (κ1) is 19.5. The number of benzene rings is 1. The summed E-state index contributed by atoms with van der Waals surface area (Å²) < 4.78 is 0. The van der Waals surface area contributed by atoms with Crippen LogP contribution in [0.2, 0.25) is 0 Å². The predicted octanol–water partition coefficient (Wildman–Crippen LogP) is 3.00. The molecule has 0 bridgehead atoms. The molecule has 0 fully saturated rings. The maximum absolute atomic E-state index is 12.7. The van der Waals surface area contributed by atoms with Crippen LogP contribution in [-0.2, 0) is 9.59 Å². The summed E-state index contributed by atoms with van der Waals surface area (Å²) in [5, 5.41) is 12.6. The number of aromatic nitrogens is 2. The molecule has 2 N–H and O–H groups in total. The fourth-order valence-electron chi connectivity index (χ4n) is 2.62. The molecule has 0 saturated carbocycles. The first-order valence-corrected chi connectivity index (χ1v) is 8.65. The molecule has 2 amide bonds. The molecule has 1 aromatic heterocycles. The average molecular weight is 356 g/mol. The minimum Gasteiger partial charge on any atom is -0.326 e. The van der Waals surface area contributed by atoms with Gasteiger partial charge >= 0.3 is 0 Å². The first-order chi connectivity index (χ1) is 12.6. The summed E-state index contributed by atoms with van der Waals surface area (Å²) in [6, 6.07) is 9.29. The highest BCUT2D eigenvalue weighted by molar-refractivity contribution is 5.95. The minimum atomic E-state index is -0.403. The maximum atomic E-state index is 12.7. The van der Waals surface area contributed by atoms with E-state index < -0.39 is 5.92 Å². The second-order valence-corrected chi connectivity index (χ2v) is 6.05. The Morgan fingerprint density at radius 2 is 1.92 bits per heavy atom. The number of carbonyl (C=O) groups excluding carboxylic acids is 2. The Bertz CT molecular complexity index is 692. The van der Waals surface area contributed by atoms with Gasteiger partial charge in [-0.1, -0.05) is 31.0 Å². The number of hydrogen-bond acceptors (Lipinski definition) is 5. The summed E-state index contributed by atoms with van der Waals surface area (Å²) in [4.78, 5) is 32.4. The molecule has 0 spiro atoms. The standard InChI is InChI=1S/C19H24N4O3/c1-23(26)18(24)11-7-3-6-10-16(17-14-20-12-13-21-17)19(25)22-15-8-4-2-5-9-15/h2,4-5,8-9,12-14,16,26H,3,6-7,10-11H2,1H3,(H,22,25). The minimum absolute atomic E-state index is 0.122. The van der Waals surface area contributed by atoms with Crippen molar-refractivity contribution in [2.45, 2.75) is 38.0 Å². The second-order valence-electron chi connectivity index (χ2n) is 6.05. The molecule has 1 heterocycles. The molecule has 1 unspecified atom stereocenters. The van der Waals surface area contributed by atoms with Crippen LogP contribution in [0.15, 0.2) is 48.9 Å². The molecule has 0 saturated heterocycles. The van der Waals surface area contributed by atoms with Gasteiger partial charge in [0.1, 0.15) is 0 Å². The van der Waals surface area contributed by atoms with Crippen molar-refractivity contribution in [1.29, 1.82) is 0 Å². The van der Waals surface area contributed by atoms with Gasteiger partial charge in [0.25, 0.3) is 0 Å². The maximum Gasteiger partial charge on any atom is 0.245 e. The highest BCUT2D eigenvalue weighted by Crippen LogP contribution is 2.23. The van der Waals surface area contributed by atoms with Gasteiger partial charge in [0.05, 0.1) is 11.6 Å². The molecule has 0 aliphatic rings. The van der Waals surface area contributed by atoms with Gasteiger partial charge in [0.2, 0.25) is 11.8 Å². The Morgan fingerprint density at radius 1 is 1.15 bits per heavy atom. The number of hydrogen-bond donors (Lipinski definition) is 2. The topological polar surface area (TPSA) is 95.4 Å². The number of hydroxylamine groups is 2. The molecular formula is C19H24N4O3. The number of amides is 2. The molecule has 0 radical (unpaired) electrons. The molecule has 0 aliphatic heterocycles. The van der Waals surface area contributed by atoms with E-state index in [0.717, 1.165) is 18.5 Å². The van der Waals surface area contributed by atoms with Crippen LogP contribution in [0, 0.1) is 0 Å². The normalized spacial score (nSPS) is 11.6. The van der Waals surface area contributed by atoms with Crippen LogP contribution in [0.25, 0.3) is 0 Å². The van der Waals surface area contributed by atoms with E-state index in [4.69, 9.17) is 5.21 Å². The van der Waals surface area contributed by atoms with Crippen molar-refractivity contribution in [1.82, 2.24) is 15.0 Å². The number of rotatable bonds is 9. The highest BCUT2D eigenvalue weighted by Gasteiger charge is 2.22. The number of anilines is 1. The smallest absolute Gasteiger partial charge is 0.245 e. The fourth-order valence-corrected chi connectivity index (χ4v) is 2.62. The van der Waals surface area contributed by atoms with Crippen molar-refractivity contribution in [2.75, 3.05) is 12.4 Å². The van der Waals surface area contributed by atoms with Gasteiger partial charge in [0.15, 0.2) is 0 Å². The molecule has 7 nitrogen and oxygen atoms in total. The summed E-state index contributed by atoms with van der Waals surface area (Å²) in [5.41, 5.74) is 1.37. The van der Waals surface area contributed by atoms with Crippen LogP contribution in [0.1, 0.15) is 43.7 Å². The molecule has 7 heteroatoms. The van der Waals surface area contributed by atoms with E-state index >= 15 is 0 Å². The van der Waals surface area contributed by atoms with Crippen LogP contribution in [0.4, 0.5) is 5.69 Å². The Hall–Kier alpha value is -2.80. The molecular weight excluding hydrogens is 332 g/mol. The van der Waals surface area contributed by atoms with Crippen molar-refractivity contribution in [3.05, 3.63) is 54.6 Å². The van der Waals surface area contributed by atoms with Gasteiger partial charge in [-0.25, -0.2) is 5.06 Å². The predicted molar refractivity (Wildman–Crippen MR) is 97.5 cm³/mol. The second kappa shape index (κ2) is 10.2. The Balaban J connectivity index is 1.92. The summed E-state index contributed by atoms with van der Waals surface area (Å²) in [5.74, 6) is -0.833. The van der Waals surface area contributed by atoms with Crippen molar-refractivity contribution in [3.8, 4) is 0 Å². The Morgan fingerprint density at radius 3 is 2.58 bits per heavy atom. The van der Waals surface area contributed by atoms with Gasteiger partial charge < -0.3 is 5.32 Å². The molecule has 26 heavy (non-hydrogen) atoms. The van der Waals surface area contributed by atoms with Crippen LogP contribution >= 0.6 is 0 Å². The average Bonchev–Trinajstić information content (AvgIpc) is 2.65. The SMILES string of the molecule is CN(O)C(=O)CCCCCC(C(=O)Nc1ccccc1)c1cnccn1. The lowest BCUT2D eigenvalue weighted by Gasteiger charge is -2.16. The van der Waals surface area contributed by atoms with Crippen molar-refractivity contribution in [3.63, 3.8) is 0 Å². The molecule has 1 aromatic carbocycles. The number of unbranched alkanes of at least 4 members (excludes halogenated alkanes) is 2. The van der Waals surface area contributed by atoms with Gasteiger partial charge in [0, 0.05) is 37.7 Å². The molecule has 1 atom stereocenters. The van der Waals surface area contributed by atoms with E-state index in [2.05, 4.69) is 15.3 Å². The van der Waals surface area contributed by atoms with Crippen molar-refractivity contribution in [2.24, 2.45) is 0 Å². The van der Waals surface area contributed by atoms with Gasteiger partial charge in [-0.3, -0.25) is 24.8 Å². The van der Waals surface area contributed by atoms with E-state index in [0.29, 0.717) is 30.0 Å². The van der Waals surface area contributed by atoms with E-state index in [9.17, 15) is 9.59 Å². The lowest BCUT2D eigenvalue weighted by molar-refractivity contribution is -0.159. The van der Waals surface area contributed by atoms with Crippen molar-refractivity contribution >= 4 is 17.5 Å². The lowest BCUT2D eigenvalue weighted by Crippen LogP contribution is -2.22. The third-order valence-electron chi connectivity index (χ3n) is 4.04. The van der Waals surface area contributed by atoms with Crippen LogP contribution in [0.3, 0.4) is 0 Å². The quantitative estimate of drug-likeness (QED) is 0.409. The number of para-hydroxylation sites is 1. The zero-order chi connectivity index (χ0) is 18.8. The van der Waals surface area contributed by atoms with Gasteiger partial charge in [-0.05, 0) is 25.0 Å². The largest absolute Gasteiger partial charge is 0.326 e. The summed E-state index contributed by atoms with van der Waals surface area (Å²) in [7, 11) is 1.32. The van der Waals surface area contributed by atoms with E-state index in [1.807, 2.05) is 30.3 Å². The molecule has 2 aromatic rings. The molecule has 0 aliphatic carbocycles.